The van der Waals surface area contributed by atoms with Gasteiger partial charge < -0.3 is 4.98 Å². The topological polar surface area (TPSA) is 15.8 Å². The molecule has 0 fully saturated rings. The van der Waals surface area contributed by atoms with E-state index >= 15 is 0 Å². The first-order valence-corrected chi connectivity index (χ1v) is 9.53. The van der Waals surface area contributed by atoms with Crippen LogP contribution in [0.2, 0.25) is 0 Å². The summed E-state index contributed by atoms with van der Waals surface area (Å²) in [6.07, 6.45) is 0. The molecule has 0 unspecified atom stereocenters. The average Bonchev–Trinajstić information content (AvgIpc) is 3.05. The van der Waals surface area contributed by atoms with Gasteiger partial charge in [0.05, 0.1) is 0 Å². The van der Waals surface area contributed by atoms with E-state index in [2.05, 4.69) is 99.8 Å². The highest BCUT2D eigenvalue weighted by atomic mass is 79.9. The van der Waals surface area contributed by atoms with Crippen molar-refractivity contribution in [2.75, 3.05) is 0 Å². The van der Waals surface area contributed by atoms with E-state index in [1.807, 2.05) is 0 Å². The van der Waals surface area contributed by atoms with Crippen LogP contribution < -0.4 is 0 Å². The van der Waals surface area contributed by atoms with Gasteiger partial charge in [-0.2, -0.15) is 0 Å². The highest BCUT2D eigenvalue weighted by Crippen LogP contribution is 2.38. The Morgan fingerprint density at radius 3 is 2.19 bits per heavy atom. The van der Waals surface area contributed by atoms with Gasteiger partial charge in [0.25, 0.3) is 0 Å². The number of fused-ring (bicyclic) bond motifs is 9. The molecule has 0 atom stereocenters. The summed E-state index contributed by atoms with van der Waals surface area (Å²) in [5.41, 5.74) is 2.36. The summed E-state index contributed by atoms with van der Waals surface area (Å²) in [5, 5.41) is 10.4. The van der Waals surface area contributed by atoms with Gasteiger partial charge >= 0.3 is 0 Å². The number of halogens is 1. The number of rotatable bonds is 0. The van der Waals surface area contributed by atoms with E-state index in [1.165, 1.54) is 54.1 Å². The second kappa shape index (κ2) is 5.09. The van der Waals surface area contributed by atoms with Crippen molar-refractivity contribution in [1.82, 2.24) is 4.98 Å². The average molecular weight is 396 g/mol. The summed E-state index contributed by atoms with van der Waals surface area (Å²) in [4.78, 5) is 3.55. The van der Waals surface area contributed by atoms with Crippen molar-refractivity contribution in [3.8, 4) is 0 Å². The number of aromatic nitrogens is 1. The summed E-state index contributed by atoms with van der Waals surface area (Å²) < 4.78 is 1.11. The molecule has 0 saturated carbocycles. The number of aromatic amines is 1. The molecule has 0 aliphatic heterocycles. The van der Waals surface area contributed by atoms with Gasteiger partial charge in [-0.3, -0.25) is 0 Å². The molecule has 0 aliphatic carbocycles. The maximum atomic E-state index is 3.62. The minimum atomic E-state index is 1.11. The van der Waals surface area contributed by atoms with Gasteiger partial charge in [-0.05, 0) is 56.6 Å². The third kappa shape index (κ3) is 1.85. The summed E-state index contributed by atoms with van der Waals surface area (Å²) >= 11 is 3.62. The van der Waals surface area contributed by atoms with Gasteiger partial charge in [-0.25, -0.2) is 0 Å². The number of benzene rings is 5. The zero-order chi connectivity index (χ0) is 17.3. The monoisotopic (exact) mass is 395 g/mol. The zero-order valence-corrected chi connectivity index (χ0v) is 15.5. The van der Waals surface area contributed by atoms with Gasteiger partial charge in [0.2, 0.25) is 0 Å². The molecule has 1 aromatic heterocycles. The lowest BCUT2D eigenvalue weighted by Crippen LogP contribution is -1.81. The second-order valence-electron chi connectivity index (χ2n) is 6.85. The van der Waals surface area contributed by atoms with E-state index < -0.39 is 0 Å². The molecule has 1 N–H and O–H groups in total. The van der Waals surface area contributed by atoms with E-state index in [0.29, 0.717) is 0 Å². The van der Waals surface area contributed by atoms with Crippen LogP contribution in [0.3, 0.4) is 0 Å². The fraction of sp³-hybridized carbons (Fsp3) is 0. The Morgan fingerprint density at radius 1 is 0.538 bits per heavy atom. The van der Waals surface area contributed by atoms with Crippen molar-refractivity contribution >= 4 is 70.1 Å². The van der Waals surface area contributed by atoms with Crippen molar-refractivity contribution in [3.63, 3.8) is 0 Å². The molecular formula is C24H14BrN. The second-order valence-corrected chi connectivity index (χ2v) is 7.76. The lowest BCUT2D eigenvalue weighted by molar-refractivity contribution is 1.55. The predicted molar refractivity (Wildman–Crippen MR) is 116 cm³/mol. The van der Waals surface area contributed by atoms with E-state index in [0.717, 1.165) is 4.47 Å². The van der Waals surface area contributed by atoms with Crippen LogP contribution in [0.25, 0.3) is 54.1 Å². The van der Waals surface area contributed by atoms with Gasteiger partial charge in [0.1, 0.15) is 0 Å². The number of nitrogens with one attached hydrogen (secondary N) is 1. The van der Waals surface area contributed by atoms with Crippen LogP contribution in [0.5, 0.6) is 0 Å². The Morgan fingerprint density at radius 2 is 1.23 bits per heavy atom. The van der Waals surface area contributed by atoms with Crippen LogP contribution in [-0.2, 0) is 0 Å². The molecule has 1 nitrogen and oxygen atoms in total. The molecule has 122 valence electrons. The Hall–Kier alpha value is -2.84. The lowest BCUT2D eigenvalue weighted by atomic mass is 9.95. The summed E-state index contributed by atoms with van der Waals surface area (Å²) in [6.45, 7) is 0. The van der Waals surface area contributed by atoms with Crippen LogP contribution >= 0.6 is 15.9 Å². The Kier molecular flexibility index (Phi) is 2.81. The highest BCUT2D eigenvalue weighted by molar-refractivity contribution is 9.10. The molecule has 6 rings (SSSR count). The lowest BCUT2D eigenvalue weighted by Gasteiger charge is -2.08. The smallest absolute Gasteiger partial charge is 0.0471 e. The molecule has 5 aromatic carbocycles. The van der Waals surface area contributed by atoms with Gasteiger partial charge in [0, 0.05) is 26.3 Å². The molecule has 0 bridgehead atoms. The molecule has 0 saturated heterocycles. The normalized spacial score (nSPS) is 12.0. The molecule has 0 aliphatic rings. The van der Waals surface area contributed by atoms with E-state index in [1.54, 1.807) is 0 Å². The molecule has 0 spiro atoms. The molecule has 6 aromatic rings. The van der Waals surface area contributed by atoms with Crippen molar-refractivity contribution in [2.45, 2.75) is 0 Å². The number of hydrogen-bond acceptors (Lipinski definition) is 0. The third-order valence-corrected chi connectivity index (χ3v) is 5.94. The first-order chi connectivity index (χ1) is 12.8. The molecule has 26 heavy (non-hydrogen) atoms. The molecule has 2 heteroatoms. The molecular weight excluding hydrogens is 382 g/mol. The minimum Gasteiger partial charge on any atom is -0.354 e. The van der Waals surface area contributed by atoms with Crippen LogP contribution in [-0.4, -0.2) is 4.98 Å². The fourth-order valence-electron chi connectivity index (χ4n) is 4.28. The minimum absolute atomic E-state index is 1.11. The van der Waals surface area contributed by atoms with E-state index in [4.69, 9.17) is 0 Å². The van der Waals surface area contributed by atoms with E-state index in [-0.39, 0.29) is 0 Å². The third-order valence-electron chi connectivity index (χ3n) is 5.44. The van der Waals surface area contributed by atoms with Crippen LogP contribution in [0.15, 0.2) is 83.3 Å². The summed E-state index contributed by atoms with van der Waals surface area (Å²) in [6, 6.07) is 28.5. The first kappa shape index (κ1) is 14.3. The van der Waals surface area contributed by atoms with Crippen molar-refractivity contribution < 1.29 is 0 Å². The van der Waals surface area contributed by atoms with Gasteiger partial charge in [0.15, 0.2) is 0 Å². The predicted octanol–water partition coefficient (Wildman–Crippen LogP) is 7.54. The Balaban J connectivity index is 1.86. The standard InChI is InChI=1S/C24H14BrN/c25-15-6-11-22-21(13-15)24-20-9-8-17-16-4-2-1-3-14(16)5-7-18(17)19(20)10-12-23(24)26-22/h1-13,26H. The summed E-state index contributed by atoms with van der Waals surface area (Å²) in [5.74, 6) is 0. The van der Waals surface area contributed by atoms with Crippen LogP contribution in [0.1, 0.15) is 0 Å². The number of hydrogen-bond donors (Lipinski definition) is 1. The number of H-pyrrole nitrogens is 1. The summed E-state index contributed by atoms with van der Waals surface area (Å²) in [7, 11) is 0. The molecule has 0 amide bonds. The molecule has 0 radical (unpaired) electrons. The van der Waals surface area contributed by atoms with Crippen LogP contribution in [0.4, 0.5) is 0 Å². The van der Waals surface area contributed by atoms with Crippen molar-refractivity contribution in [3.05, 3.63) is 83.3 Å². The quantitative estimate of drug-likeness (QED) is 0.255. The maximum absolute atomic E-state index is 3.62. The maximum Gasteiger partial charge on any atom is 0.0471 e. The largest absolute Gasteiger partial charge is 0.354 e. The highest BCUT2D eigenvalue weighted by Gasteiger charge is 2.11. The van der Waals surface area contributed by atoms with Crippen molar-refractivity contribution in [2.24, 2.45) is 0 Å². The Bertz CT molecular complexity index is 1490. The van der Waals surface area contributed by atoms with Crippen LogP contribution in [0, 0.1) is 0 Å². The van der Waals surface area contributed by atoms with Gasteiger partial charge in [-0.15, -0.1) is 0 Å². The fourth-order valence-corrected chi connectivity index (χ4v) is 4.64. The van der Waals surface area contributed by atoms with Gasteiger partial charge in [-0.1, -0.05) is 70.5 Å². The van der Waals surface area contributed by atoms with Crippen molar-refractivity contribution in [1.29, 1.82) is 0 Å². The Labute approximate surface area is 158 Å². The van der Waals surface area contributed by atoms with E-state index in [9.17, 15) is 0 Å². The zero-order valence-electron chi connectivity index (χ0n) is 13.9. The molecule has 1 heterocycles. The SMILES string of the molecule is Brc1ccc2[nH]c3ccc4c5ccc6ccccc6c5ccc4c3c2c1. The first-order valence-electron chi connectivity index (χ1n) is 8.74.